The SMILES string of the molecule is Cn1ccc2c1C(=O)N(CCCN1CCC(c3ccccc3)CC1)CCC2N=O. The Kier molecular flexibility index (Phi) is 6.09. The lowest BCUT2D eigenvalue weighted by Gasteiger charge is -2.32. The fourth-order valence-electron chi connectivity index (χ4n) is 4.80. The van der Waals surface area contributed by atoms with Gasteiger partial charge in [-0.05, 0) is 62.9 Å². The van der Waals surface area contributed by atoms with Gasteiger partial charge in [0.15, 0.2) is 0 Å². The highest BCUT2D eigenvalue weighted by atomic mass is 16.3. The molecule has 1 fully saturated rings. The van der Waals surface area contributed by atoms with Crippen LogP contribution in [0.2, 0.25) is 0 Å². The molecule has 0 spiro atoms. The van der Waals surface area contributed by atoms with E-state index in [2.05, 4.69) is 40.4 Å². The Hall–Kier alpha value is -2.47. The van der Waals surface area contributed by atoms with E-state index in [4.69, 9.17) is 0 Å². The molecule has 154 valence electrons. The maximum absolute atomic E-state index is 13.0. The summed E-state index contributed by atoms with van der Waals surface area (Å²) >= 11 is 0. The zero-order valence-corrected chi connectivity index (χ0v) is 17.2. The van der Waals surface area contributed by atoms with Crippen molar-refractivity contribution < 1.29 is 4.79 Å². The molecule has 1 unspecified atom stereocenters. The molecule has 6 nitrogen and oxygen atoms in total. The third kappa shape index (κ3) is 4.27. The van der Waals surface area contributed by atoms with Crippen molar-refractivity contribution in [1.82, 2.24) is 14.4 Å². The van der Waals surface area contributed by atoms with Gasteiger partial charge in [-0.2, -0.15) is 4.91 Å². The molecular weight excluding hydrogens is 364 g/mol. The molecule has 0 bridgehead atoms. The molecule has 0 N–H and O–H groups in total. The molecule has 2 aromatic rings. The molecule has 0 saturated carbocycles. The molecule has 6 heteroatoms. The minimum atomic E-state index is -0.419. The van der Waals surface area contributed by atoms with Crippen LogP contribution < -0.4 is 0 Å². The van der Waals surface area contributed by atoms with Gasteiger partial charge in [0, 0.05) is 31.9 Å². The summed E-state index contributed by atoms with van der Waals surface area (Å²) in [6.07, 6.45) is 5.81. The lowest BCUT2D eigenvalue weighted by atomic mass is 9.89. The number of piperidine rings is 1. The smallest absolute Gasteiger partial charge is 0.270 e. The van der Waals surface area contributed by atoms with E-state index in [9.17, 15) is 9.70 Å². The first kappa shape index (κ1) is 19.8. The second-order valence-corrected chi connectivity index (χ2v) is 8.31. The maximum atomic E-state index is 13.0. The zero-order chi connectivity index (χ0) is 20.2. The van der Waals surface area contributed by atoms with Crippen molar-refractivity contribution >= 4 is 5.91 Å². The molecule has 2 aliphatic rings. The first-order valence-electron chi connectivity index (χ1n) is 10.7. The normalized spacial score (nSPS) is 21.1. The Morgan fingerprint density at radius 2 is 1.76 bits per heavy atom. The molecule has 0 aliphatic carbocycles. The predicted molar refractivity (Wildman–Crippen MR) is 114 cm³/mol. The number of fused-ring (bicyclic) bond motifs is 1. The van der Waals surface area contributed by atoms with E-state index in [-0.39, 0.29) is 5.91 Å². The van der Waals surface area contributed by atoms with E-state index >= 15 is 0 Å². The van der Waals surface area contributed by atoms with Gasteiger partial charge in [-0.15, -0.1) is 0 Å². The van der Waals surface area contributed by atoms with Crippen LogP contribution in [0, 0.1) is 4.91 Å². The summed E-state index contributed by atoms with van der Waals surface area (Å²) in [5, 5.41) is 3.27. The van der Waals surface area contributed by atoms with Crippen molar-refractivity contribution in [3.05, 3.63) is 64.3 Å². The molecule has 2 aliphatic heterocycles. The van der Waals surface area contributed by atoms with E-state index in [1.165, 1.54) is 18.4 Å². The Labute approximate surface area is 172 Å². The number of amides is 1. The Morgan fingerprint density at radius 3 is 2.48 bits per heavy atom. The Balaban J connectivity index is 1.28. The average Bonchev–Trinajstić information content (AvgIpc) is 3.08. The maximum Gasteiger partial charge on any atom is 0.270 e. The van der Waals surface area contributed by atoms with Crippen LogP contribution in [0.15, 0.2) is 47.8 Å². The molecule has 1 saturated heterocycles. The number of likely N-dealkylation sites (tertiary alicyclic amines) is 1. The number of rotatable bonds is 6. The largest absolute Gasteiger partial charge is 0.346 e. The molecular formula is C23H30N4O2. The van der Waals surface area contributed by atoms with E-state index in [0.717, 1.165) is 38.2 Å². The van der Waals surface area contributed by atoms with Crippen LogP contribution >= 0.6 is 0 Å². The monoisotopic (exact) mass is 394 g/mol. The van der Waals surface area contributed by atoms with Crippen molar-refractivity contribution in [2.24, 2.45) is 12.2 Å². The van der Waals surface area contributed by atoms with Crippen molar-refractivity contribution in [1.29, 1.82) is 0 Å². The van der Waals surface area contributed by atoms with Gasteiger partial charge in [0.25, 0.3) is 5.91 Å². The number of carbonyl (C=O) groups is 1. The number of aryl methyl sites for hydroxylation is 1. The van der Waals surface area contributed by atoms with Gasteiger partial charge in [0.1, 0.15) is 11.7 Å². The van der Waals surface area contributed by atoms with Gasteiger partial charge in [0.05, 0.1) is 0 Å². The molecule has 4 rings (SSSR count). The first-order chi connectivity index (χ1) is 14.2. The average molecular weight is 395 g/mol. The van der Waals surface area contributed by atoms with Gasteiger partial charge in [-0.1, -0.05) is 35.5 Å². The van der Waals surface area contributed by atoms with Crippen LogP contribution in [0.4, 0.5) is 0 Å². The zero-order valence-electron chi connectivity index (χ0n) is 17.2. The fourth-order valence-corrected chi connectivity index (χ4v) is 4.80. The number of benzene rings is 1. The molecule has 29 heavy (non-hydrogen) atoms. The molecule has 1 atom stereocenters. The second kappa shape index (κ2) is 8.91. The predicted octanol–water partition coefficient (Wildman–Crippen LogP) is 3.95. The van der Waals surface area contributed by atoms with E-state index < -0.39 is 6.04 Å². The van der Waals surface area contributed by atoms with Crippen molar-refractivity contribution in [2.75, 3.05) is 32.7 Å². The number of aromatic nitrogens is 1. The summed E-state index contributed by atoms with van der Waals surface area (Å²) in [6.45, 7) is 4.58. The lowest BCUT2D eigenvalue weighted by molar-refractivity contribution is 0.0740. The van der Waals surface area contributed by atoms with Crippen LogP contribution in [-0.2, 0) is 7.05 Å². The third-order valence-corrected chi connectivity index (χ3v) is 6.51. The fraction of sp³-hybridized carbons (Fsp3) is 0.522. The van der Waals surface area contributed by atoms with E-state index in [0.29, 0.717) is 24.6 Å². The van der Waals surface area contributed by atoms with Crippen LogP contribution in [-0.4, -0.2) is 53.0 Å². The molecule has 1 amide bonds. The lowest BCUT2D eigenvalue weighted by Crippen LogP contribution is -2.37. The van der Waals surface area contributed by atoms with Gasteiger partial charge in [-0.25, -0.2) is 0 Å². The number of hydrogen-bond acceptors (Lipinski definition) is 4. The highest BCUT2D eigenvalue weighted by molar-refractivity contribution is 5.95. The van der Waals surface area contributed by atoms with Gasteiger partial charge in [-0.3, -0.25) is 4.79 Å². The van der Waals surface area contributed by atoms with Crippen LogP contribution in [0.25, 0.3) is 0 Å². The minimum absolute atomic E-state index is 0.0291. The number of hydrogen-bond donors (Lipinski definition) is 0. The molecule has 1 aromatic heterocycles. The van der Waals surface area contributed by atoms with Crippen LogP contribution in [0.1, 0.15) is 59.3 Å². The van der Waals surface area contributed by atoms with E-state index in [1.54, 1.807) is 0 Å². The number of carbonyl (C=O) groups excluding carboxylic acids is 1. The summed E-state index contributed by atoms with van der Waals surface area (Å²) in [7, 11) is 1.86. The topological polar surface area (TPSA) is 57.9 Å². The quantitative estimate of drug-likeness (QED) is 0.697. The Bertz CT molecular complexity index is 840. The summed E-state index contributed by atoms with van der Waals surface area (Å²) < 4.78 is 1.82. The summed E-state index contributed by atoms with van der Waals surface area (Å²) in [5.74, 6) is 0.699. The van der Waals surface area contributed by atoms with Crippen LogP contribution in [0.5, 0.6) is 0 Å². The Morgan fingerprint density at radius 1 is 1.00 bits per heavy atom. The summed E-state index contributed by atoms with van der Waals surface area (Å²) in [4.78, 5) is 28.7. The van der Waals surface area contributed by atoms with Gasteiger partial charge < -0.3 is 14.4 Å². The van der Waals surface area contributed by atoms with Crippen molar-refractivity contribution in [3.63, 3.8) is 0 Å². The van der Waals surface area contributed by atoms with Crippen molar-refractivity contribution in [2.45, 2.75) is 37.6 Å². The summed E-state index contributed by atoms with van der Waals surface area (Å²) in [6, 6.07) is 12.3. The number of nitrogens with zero attached hydrogens (tertiary/aromatic N) is 4. The summed E-state index contributed by atoms with van der Waals surface area (Å²) in [5.41, 5.74) is 2.85. The first-order valence-corrected chi connectivity index (χ1v) is 10.7. The molecule has 3 heterocycles. The highest BCUT2D eigenvalue weighted by Crippen LogP contribution is 2.30. The second-order valence-electron chi connectivity index (χ2n) is 8.31. The molecule has 1 aromatic carbocycles. The standard InChI is InChI=1S/C23H30N4O2/c1-25-14-10-20-21(24-29)11-17-27(23(28)22(20)25)13-5-12-26-15-8-19(9-16-26)18-6-3-2-4-7-18/h2-4,6-7,10,14,19,21H,5,8-9,11-13,15-17H2,1H3. The van der Waals surface area contributed by atoms with Gasteiger partial charge >= 0.3 is 0 Å². The third-order valence-electron chi connectivity index (χ3n) is 6.51. The highest BCUT2D eigenvalue weighted by Gasteiger charge is 2.31. The minimum Gasteiger partial charge on any atom is -0.346 e. The molecule has 0 radical (unpaired) electrons. The van der Waals surface area contributed by atoms with Crippen LogP contribution in [0.3, 0.4) is 0 Å². The van der Waals surface area contributed by atoms with Gasteiger partial charge in [0.2, 0.25) is 0 Å². The van der Waals surface area contributed by atoms with E-state index in [1.807, 2.05) is 28.8 Å². The number of nitroso groups, excluding NO2 is 1. The van der Waals surface area contributed by atoms with Crippen molar-refractivity contribution in [3.8, 4) is 0 Å².